The molecule has 1 heterocycles. The Kier molecular flexibility index (Phi) is 3.57. The fourth-order valence-electron chi connectivity index (χ4n) is 1.19. The molecule has 0 fully saturated rings. The van der Waals surface area contributed by atoms with Crippen LogP contribution in [0, 0.1) is 2.88 Å². The van der Waals surface area contributed by atoms with Crippen LogP contribution >= 0.6 is 33.9 Å². The number of rotatable bonds is 2. The average molecular weight is 371 g/mol. The van der Waals surface area contributed by atoms with Gasteiger partial charge in [0, 0.05) is 5.56 Å². The highest BCUT2D eigenvalue weighted by Crippen LogP contribution is 2.29. The smallest absolute Gasteiger partial charge is 0.406 e. The van der Waals surface area contributed by atoms with Crippen LogP contribution in [-0.2, 0) is 0 Å². The number of thiazole rings is 1. The van der Waals surface area contributed by atoms with E-state index >= 15 is 0 Å². The van der Waals surface area contributed by atoms with Gasteiger partial charge in [-0.25, -0.2) is 4.98 Å². The first kappa shape index (κ1) is 12.6. The van der Waals surface area contributed by atoms with E-state index in [-0.39, 0.29) is 5.75 Å². The predicted molar refractivity (Wildman–Crippen MR) is 67.0 cm³/mol. The number of nitrogens with zero attached hydrogens (tertiary/aromatic N) is 1. The van der Waals surface area contributed by atoms with E-state index in [0.717, 1.165) is 13.5 Å². The van der Waals surface area contributed by atoms with E-state index in [2.05, 4.69) is 32.3 Å². The molecule has 0 atom stereocenters. The molecule has 0 saturated carbocycles. The van der Waals surface area contributed by atoms with Crippen molar-refractivity contribution in [2.24, 2.45) is 0 Å². The van der Waals surface area contributed by atoms with Crippen LogP contribution in [0.3, 0.4) is 0 Å². The molecule has 0 aliphatic carbocycles. The maximum Gasteiger partial charge on any atom is 0.573 e. The third kappa shape index (κ3) is 3.56. The van der Waals surface area contributed by atoms with Gasteiger partial charge in [0.05, 0.1) is 9.08 Å². The summed E-state index contributed by atoms with van der Waals surface area (Å²) in [6.45, 7) is 0. The molecule has 1 aromatic carbocycles. The van der Waals surface area contributed by atoms with E-state index < -0.39 is 6.36 Å². The lowest BCUT2D eigenvalue weighted by atomic mass is 10.2. The van der Waals surface area contributed by atoms with Gasteiger partial charge in [0.2, 0.25) is 0 Å². The number of hydrogen-bond donors (Lipinski definition) is 0. The lowest BCUT2D eigenvalue weighted by molar-refractivity contribution is -0.274. The molecule has 0 aliphatic rings. The standard InChI is InChI=1S/C10H5F3INOS/c11-10(12,13)16-7-3-1-6(2-4-7)9-15-5-8(14)17-9/h1-5H. The molecule has 0 spiro atoms. The Morgan fingerprint density at radius 3 is 2.29 bits per heavy atom. The van der Waals surface area contributed by atoms with E-state index in [1.54, 1.807) is 18.3 Å². The number of benzene rings is 1. The molecule has 2 nitrogen and oxygen atoms in total. The molecule has 90 valence electrons. The van der Waals surface area contributed by atoms with Gasteiger partial charge in [0.1, 0.15) is 10.8 Å². The van der Waals surface area contributed by atoms with Gasteiger partial charge in [0.15, 0.2) is 0 Å². The average Bonchev–Trinajstić information content (AvgIpc) is 2.63. The number of alkyl halides is 3. The van der Waals surface area contributed by atoms with E-state index in [1.165, 1.54) is 23.5 Å². The monoisotopic (exact) mass is 371 g/mol. The second-order valence-electron chi connectivity index (χ2n) is 3.04. The molecule has 17 heavy (non-hydrogen) atoms. The summed E-state index contributed by atoms with van der Waals surface area (Å²) in [5.41, 5.74) is 0.771. The van der Waals surface area contributed by atoms with Crippen molar-refractivity contribution in [3.63, 3.8) is 0 Å². The zero-order valence-electron chi connectivity index (χ0n) is 8.16. The summed E-state index contributed by atoms with van der Waals surface area (Å²) in [5.74, 6) is -0.229. The van der Waals surface area contributed by atoms with Gasteiger partial charge >= 0.3 is 6.36 Å². The third-order valence-electron chi connectivity index (χ3n) is 1.81. The molecule has 0 radical (unpaired) electrons. The minimum atomic E-state index is -4.65. The molecule has 0 saturated heterocycles. The van der Waals surface area contributed by atoms with Gasteiger partial charge in [-0.3, -0.25) is 0 Å². The van der Waals surface area contributed by atoms with E-state index in [4.69, 9.17) is 0 Å². The predicted octanol–water partition coefficient (Wildman–Crippen LogP) is 4.31. The molecule has 2 aromatic rings. The molecule has 0 bridgehead atoms. The van der Waals surface area contributed by atoms with Crippen LogP contribution in [0.1, 0.15) is 0 Å². The normalized spacial score (nSPS) is 11.5. The lowest BCUT2D eigenvalue weighted by Gasteiger charge is -2.08. The second-order valence-corrected chi connectivity index (χ2v) is 5.97. The largest absolute Gasteiger partial charge is 0.573 e. The van der Waals surface area contributed by atoms with Crippen molar-refractivity contribution in [1.29, 1.82) is 0 Å². The van der Waals surface area contributed by atoms with Crippen molar-refractivity contribution in [2.45, 2.75) is 6.36 Å². The maximum atomic E-state index is 11.9. The number of aromatic nitrogens is 1. The third-order valence-corrected chi connectivity index (χ3v) is 3.59. The van der Waals surface area contributed by atoms with Crippen LogP contribution in [-0.4, -0.2) is 11.3 Å². The molecule has 1 aromatic heterocycles. The summed E-state index contributed by atoms with van der Waals surface area (Å²) < 4.78 is 40.6. The van der Waals surface area contributed by atoms with Gasteiger partial charge in [-0.15, -0.1) is 24.5 Å². The molecule has 0 aliphatic heterocycles. The summed E-state index contributed by atoms with van der Waals surface area (Å²) in [7, 11) is 0. The zero-order valence-corrected chi connectivity index (χ0v) is 11.1. The summed E-state index contributed by atoms with van der Waals surface area (Å²) >= 11 is 3.61. The number of ether oxygens (including phenoxy) is 1. The number of halogens is 4. The Balaban J connectivity index is 2.19. The highest BCUT2D eigenvalue weighted by molar-refractivity contribution is 14.1. The molecule has 0 unspecified atom stereocenters. The highest BCUT2D eigenvalue weighted by Gasteiger charge is 2.30. The van der Waals surface area contributed by atoms with Crippen molar-refractivity contribution in [1.82, 2.24) is 4.98 Å². The van der Waals surface area contributed by atoms with Crippen LogP contribution in [0.5, 0.6) is 5.75 Å². The Labute approximate surface area is 113 Å². The zero-order chi connectivity index (χ0) is 12.5. The topological polar surface area (TPSA) is 22.1 Å². The van der Waals surface area contributed by atoms with Gasteiger partial charge < -0.3 is 4.74 Å². The molecule has 2 rings (SSSR count). The Hall–Kier alpha value is -0.830. The number of hydrogen-bond acceptors (Lipinski definition) is 3. The minimum Gasteiger partial charge on any atom is -0.406 e. The van der Waals surface area contributed by atoms with Crippen molar-refractivity contribution in [2.75, 3.05) is 0 Å². The van der Waals surface area contributed by atoms with Crippen LogP contribution in [0.4, 0.5) is 13.2 Å². The first-order chi connectivity index (χ1) is 7.94. The summed E-state index contributed by atoms with van der Waals surface area (Å²) in [4.78, 5) is 4.14. The van der Waals surface area contributed by atoms with Crippen molar-refractivity contribution >= 4 is 33.9 Å². The van der Waals surface area contributed by atoms with E-state index in [9.17, 15) is 13.2 Å². The first-order valence-electron chi connectivity index (χ1n) is 4.41. The van der Waals surface area contributed by atoms with E-state index in [1.807, 2.05) is 0 Å². The fourth-order valence-corrected chi connectivity index (χ4v) is 2.60. The molecular formula is C10H5F3INOS. The lowest BCUT2D eigenvalue weighted by Crippen LogP contribution is -2.16. The van der Waals surface area contributed by atoms with Crippen molar-refractivity contribution < 1.29 is 17.9 Å². The highest BCUT2D eigenvalue weighted by atomic mass is 127. The van der Waals surface area contributed by atoms with Crippen LogP contribution in [0.25, 0.3) is 10.6 Å². The fraction of sp³-hybridized carbons (Fsp3) is 0.100. The summed E-state index contributed by atoms with van der Waals surface area (Å²) in [6, 6.07) is 5.65. The van der Waals surface area contributed by atoms with Gasteiger partial charge in [-0.2, -0.15) is 0 Å². The van der Waals surface area contributed by atoms with Crippen LogP contribution < -0.4 is 4.74 Å². The second kappa shape index (κ2) is 4.81. The SMILES string of the molecule is FC(F)(F)Oc1ccc(-c2ncc(I)s2)cc1. The Morgan fingerprint density at radius 2 is 1.82 bits per heavy atom. The Bertz CT molecular complexity index is 509. The van der Waals surface area contributed by atoms with E-state index in [0.29, 0.717) is 0 Å². The molecule has 0 amide bonds. The van der Waals surface area contributed by atoms with Crippen LogP contribution in [0.2, 0.25) is 0 Å². The minimum absolute atomic E-state index is 0.229. The van der Waals surface area contributed by atoms with Gasteiger partial charge in [-0.05, 0) is 46.9 Å². The quantitative estimate of drug-likeness (QED) is 0.734. The van der Waals surface area contributed by atoms with Crippen molar-refractivity contribution in [3.05, 3.63) is 33.3 Å². The summed E-state index contributed by atoms with van der Waals surface area (Å²) in [5, 5.41) is 0.771. The van der Waals surface area contributed by atoms with Crippen molar-refractivity contribution in [3.8, 4) is 16.3 Å². The van der Waals surface area contributed by atoms with Crippen LogP contribution in [0.15, 0.2) is 30.5 Å². The van der Waals surface area contributed by atoms with Gasteiger partial charge in [-0.1, -0.05) is 0 Å². The molecule has 0 N–H and O–H groups in total. The first-order valence-corrected chi connectivity index (χ1v) is 6.31. The van der Waals surface area contributed by atoms with Gasteiger partial charge in [0.25, 0.3) is 0 Å². The summed E-state index contributed by atoms with van der Waals surface area (Å²) in [6.07, 6.45) is -2.95. The maximum absolute atomic E-state index is 11.9. The molecular weight excluding hydrogens is 366 g/mol. The molecule has 7 heteroatoms. The Morgan fingerprint density at radius 1 is 1.18 bits per heavy atom.